The Morgan fingerprint density at radius 1 is 1.05 bits per heavy atom. The molecule has 0 radical (unpaired) electrons. The summed E-state index contributed by atoms with van der Waals surface area (Å²) in [5.41, 5.74) is 7.68. The van der Waals surface area contributed by atoms with E-state index in [1.807, 2.05) is 0 Å². The Morgan fingerprint density at radius 3 is 2.50 bits per heavy atom. The van der Waals surface area contributed by atoms with Gasteiger partial charge in [-0.25, -0.2) is 0 Å². The minimum Gasteiger partial charge on any atom is -0.490 e. The molecule has 2 aliphatic carbocycles. The molecule has 0 bridgehead atoms. The lowest BCUT2D eigenvalue weighted by Gasteiger charge is -2.20. The van der Waals surface area contributed by atoms with Crippen LogP contribution in [0.3, 0.4) is 0 Å². The second-order valence-corrected chi connectivity index (χ2v) is 6.59. The Labute approximate surface area is 122 Å². The molecule has 2 aliphatic rings. The highest BCUT2D eigenvalue weighted by molar-refractivity contribution is 5.31. The van der Waals surface area contributed by atoms with Crippen molar-refractivity contribution in [3.63, 3.8) is 0 Å². The third kappa shape index (κ3) is 3.99. The van der Waals surface area contributed by atoms with Gasteiger partial charge in [0.15, 0.2) is 0 Å². The van der Waals surface area contributed by atoms with Crippen LogP contribution in [0.2, 0.25) is 0 Å². The quantitative estimate of drug-likeness (QED) is 0.796. The lowest BCUT2D eigenvalue weighted by Crippen LogP contribution is -2.15. The Balaban J connectivity index is 1.58. The molecule has 0 heterocycles. The summed E-state index contributed by atoms with van der Waals surface area (Å²) < 4.78 is 5.87. The summed E-state index contributed by atoms with van der Waals surface area (Å²) in [7, 11) is 0. The molecule has 0 amide bonds. The van der Waals surface area contributed by atoms with E-state index in [1.54, 1.807) is 0 Å². The highest BCUT2D eigenvalue weighted by atomic mass is 16.5. The summed E-state index contributed by atoms with van der Waals surface area (Å²) in [4.78, 5) is 0. The standard InChI is InChI=1S/C18H27NO/c19-18(12-14-6-3-1-2-4-7-14)15-8-5-9-17(13-15)20-16-10-11-16/h5,8-9,13-14,16,18H,1-4,6-7,10-12,19H2. The topological polar surface area (TPSA) is 35.2 Å². The van der Waals surface area contributed by atoms with Crippen LogP contribution in [-0.4, -0.2) is 6.10 Å². The van der Waals surface area contributed by atoms with Crippen molar-refractivity contribution in [3.8, 4) is 5.75 Å². The van der Waals surface area contributed by atoms with Gasteiger partial charge >= 0.3 is 0 Å². The maximum absolute atomic E-state index is 6.44. The lowest BCUT2D eigenvalue weighted by molar-refractivity contribution is 0.302. The van der Waals surface area contributed by atoms with Crippen LogP contribution in [0.15, 0.2) is 24.3 Å². The molecule has 2 fully saturated rings. The molecule has 3 rings (SSSR count). The van der Waals surface area contributed by atoms with Crippen molar-refractivity contribution in [1.82, 2.24) is 0 Å². The van der Waals surface area contributed by atoms with Gasteiger partial charge in [0.1, 0.15) is 5.75 Å². The van der Waals surface area contributed by atoms with E-state index in [0.29, 0.717) is 6.10 Å². The monoisotopic (exact) mass is 273 g/mol. The van der Waals surface area contributed by atoms with Crippen LogP contribution in [0.1, 0.15) is 69.4 Å². The molecular formula is C18H27NO. The van der Waals surface area contributed by atoms with E-state index in [9.17, 15) is 0 Å². The normalized spacial score (nSPS) is 22.2. The zero-order valence-corrected chi connectivity index (χ0v) is 12.4. The molecule has 0 aliphatic heterocycles. The number of ether oxygens (including phenoxy) is 1. The van der Waals surface area contributed by atoms with E-state index >= 15 is 0 Å². The fourth-order valence-electron chi connectivity index (χ4n) is 3.29. The molecule has 110 valence electrons. The molecule has 2 N–H and O–H groups in total. The third-order valence-electron chi connectivity index (χ3n) is 4.68. The van der Waals surface area contributed by atoms with Gasteiger partial charge in [-0.3, -0.25) is 0 Å². The van der Waals surface area contributed by atoms with Crippen molar-refractivity contribution < 1.29 is 4.74 Å². The third-order valence-corrected chi connectivity index (χ3v) is 4.68. The van der Waals surface area contributed by atoms with Gasteiger partial charge in [0.25, 0.3) is 0 Å². The Hall–Kier alpha value is -1.02. The van der Waals surface area contributed by atoms with Gasteiger partial charge in [-0.1, -0.05) is 50.7 Å². The average Bonchev–Trinajstić information content (AvgIpc) is 3.27. The first-order valence-corrected chi connectivity index (χ1v) is 8.33. The summed E-state index contributed by atoms with van der Waals surface area (Å²) in [5, 5.41) is 0. The van der Waals surface area contributed by atoms with Crippen molar-refractivity contribution in [3.05, 3.63) is 29.8 Å². The van der Waals surface area contributed by atoms with Gasteiger partial charge in [-0.2, -0.15) is 0 Å². The van der Waals surface area contributed by atoms with Crippen LogP contribution in [0.4, 0.5) is 0 Å². The summed E-state index contributed by atoms with van der Waals surface area (Å²) in [5.74, 6) is 1.82. The van der Waals surface area contributed by atoms with Crippen LogP contribution < -0.4 is 10.5 Å². The minimum absolute atomic E-state index is 0.167. The van der Waals surface area contributed by atoms with Crippen molar-refractivity contribution in [2.75, 3.05) is 0 Å². The first kappa shape index (κ1) is 13.9. The van der Waals surface area contributed by atoms with Crippen molar-refractivity contribution >= 4 is 0 Å². The number of nitrogens with two attached hydrogens (primary N) is 1. The second kappa shape index (κ2) is 6.62. The van der Waals surface area contributed by atoms with E-state index in [2.05, 4.69) is 24.3 Å². The molecule has 2 saturated carbocycles. The number of rotatable bonds is 5. The molecule has 0 aromatic heterocycles. The number of hydrogen-bond acceptors (Lipinski definition) is 2. The van der Waals surface area contributed by atoms with Crippen molar-refractivity contribution in [2.45, 2.75) is 69.9 Å². The molecule has 20 heavy (non-hydrogen) atoms. The molecule has 1 unspecified atom stereocenters. The van der Waals surface area contributed by atoms with E-state index in [1.165, 1.54) is 56.9 Å². The zero-order chi connectivity index (χ0) is 13.8. The molecule has 1 aromatic carbocycles. The highest BCUT2D eigenvalue weighted by Crippen LogP contribution is 2.32. The van der Waals surface area contributed by atoms with Gasteiger partial charge in [-0.15, -0.1) is 0 Å². The van der Waals surface area contributed by atoms with Gasteiger partial charge < -0.3 is 10.5 Å². The zero-order valence-electron chi connectivity index (χ0n) is 12.4. The first-order valence-electron chi connectivity index (χ1n) is 8.33. The molecule has 2 nitrogen and oxygen atoms in total. The molecule has 0 saturated heterocycles. The smallest absolute Gasteiger partial charge is 0.120 e. The van der Waals surface area contributed by atoms with Crippen LogP contribution in [-0.2, 0) is 0 Å². The van der Waals surface area contributed by atoms with Crippen molar-refractivity contribution in [1.29, 1.82) is 0 Å². The fraction of sp³-hybridized carbons (Fsp3) is 0.667. The minimum atomic E-state index is 0.167. The summed E-state index contributed by atoms with van der Waals surface area (Å²) in [6.45, 7) is 0. The first-order chi connectivity index (χ1) is 9.81. The van der Waals surface area contributed by atoms with Crippen LogP contribution in [0, 0.1) is 5.92 Å². The number of hydrogen-bond donors (Lipinski definition) is 1. The summed E-state index contributed by atoms with van der Waals surface area (Å²) in [6, 6.07) is 8.61. The van der Waals surface area contributed by atoms with Gasteiger partial charge in [0.05, 0.1) is 6.10 Å². The van der Waals surface area contributed by atoms with E-state index in [-0.39, 0.29) is 6.04 Å². The predicted octanol–water partition coefficient (Wildman–Crippen LogP) is 4.59. The van der Waals surface area contributed by atoms with Gasteiger partial charge in [0, 0.05) is 6.04 Å². The molecule has 1 aromatic rings. The molecule has 0 spiro atoms. The predicted molar refractivity (Wildman–Crippen MR) is 82.8 cm³/mol. The highest BCUT2D eigenvalue weighted by Gasteiger charge is 2.24. The van der Waals surface area contributed by atoms with Gasteiger partial charge in [0.2, 0.25) is 0 Å². The van der Waals surface area contributed by atoms with E-state index in [4.69, 9.17) is 10.5 Å². The van der Waals surface area contributed by atoms with Crippen LogP contribution in [0.25, 0.3) is 0 Å². The maximum atomic E-state index is 6.44. The largest absolute Gasteiger partial charge is 0.490 e. The molecular weight excluding hydrogens is 246 g/mol. The van der Waals surface area contributed by atoms with E-state index in [0.717, 1.165) is 18.1 Å². The van der Waals surface area contributed by atoms with Crippen LogP contribution >= 0.6 is 0 Å². The maximum Gasteiger partial charge on any atom is 0.120 e. The second-order valence-electron chi connectivity index (χ2n) is 6.59. The van der Waals surface area contributed by atoms with Gasteiger partial charge in [-0.05, 0) is 42.9 Å². The van der Waals surface area contributed by atoms with Crippen molar-refractivity contribution in [2.24, 2.45) is 11.7 Å². The number of benzene rings is 1. The average molecular weight is 273 g/mol. The van der Waals surface area contributed by atoms with E-state index < -0.39 is 0 Å². The SMILES string of the molecule is NC(CC1CCCCCC1)c1cccc(OC2CC2)c1. The van der Waals surface area contributed by atoms with Crippen LogP contribution in [0.5, 0.6) is 5.75 Å². The Morgan fingerprint density at radius 2 is 1.80 bits per heavy atom. The molecule has 2 heteroatoms. The summed E-state index contributed by atoms with van der Waals surface area (Å²) in [6.07, 6.45) is 12.3. The molecule has 1 atom stereocenters. The summed E-state index contributed by atoms with van der Waals surface area (Å²) >= 11 is 0. The Kier molecular flexibility index (Phi) is 4.62. The lowest BCUT2D eigenvalue weighted by atomic mass is 9.90. The Bertz CT molecular complexity index is 419. The fourth-order valence-corrected chi connectivity index (χ4v) is 3.29.